The molecule has 0 aliphatic rings. The van der Waals surface area contributed by atoms with E-state index in [1.807, 2.05) is 0 Å². The van der Waals surface area contributed by atoms with E-state index in [0.717, 1.165) is 0 Å². The molecule has 6 nitrogen and oxygen atoms in total. The van der Waals surface area contributed by atoms with Crippen molar-refractivity contribution in [2.24, 2.45) is 0 Å². The van der Waals surface area contributed by atoms with Crippen LogP contribution in [0.2, 0.25) is 0 Å². The third-order valence-electron chi connectivity index (χ3n) is 4.25. The van der Waals surface area contributed by atoms with Crippen molar-refractivity contribution in [2.45, 2.75) is 13.0 Å². The van der Waals surface area contributed by atoms with E-state index in [4.69, 9.17) is 9.84 Å². The van der Waals surface area contributed by atoms with Crippen LogP contribution in [0.5, 0.6) is 5.75 Å². The van der Waals surface area contributed by atoms with Gasteiger partial charge in [-0.3, -0.25) is 9.59 Å². The maximum atomic E-state index is 14.0. The first kappa shape index (κ1) is 21.6. The maximum absolute atomic E-state index is 14.0. The van der Waals surface area contributed by atoms with Crippen LogP contribution in [0.3, 0.4) is 0 Å². The molecule has 2 aromatic carbocycles. The van der Waals surface area contributed by atoms with Crippen LogP contribution in [0.1, 0.15) is 22.3 Å². The van der Waals surface area contributed by atoms with Crippen LogP contribution in [0.25, 0.3) is 10.9 Å². The number of hydrogen-bond donors (Lipinski definition) is 1. The zero-order chi connectivity index (χ0) is 19.6. The zero-order valence-corrected chi connectivity index (χ0v) is 16.6. The summed E-state index contributed by atoms with van der Waals surface area (Å²) in [4.78, 5) is 34.8. The first-order chi connectivity index (χ1) is 12.9. The number of ketones is 2. The second-order valence-corrected chi connectivity index (χ2v) is 5.94. The topological polar surface area (TPSA) is 85.6 Å². The van der Waals surface area contributed by atoms with Crippen LogP contribution in [-0.4, -0.2) is 57.4 Å². The molecule has 0 saturated carbocycles. The summed E-state index contributed by atoms with van der Waals surface area (Å²) in [6.07, 6.45) is 0.739. The van der Waals surface area contributed by atoms with Gasteiger partial charge in [0.05, 0.1) is 31.0 Å². The molecular formula is C20H16FMgNO5+2. The molecule has 0 bridgehead atoms. The number of benzene rings is 2. The Kier molecular flexibility index (Phi) is 6.93. The van der Waals surface area contributed by atoms with Crippen molar-refractivity contribution >= 4 is 51.5 Å². The average Bonchev–Trinajstić information content (AvgIpc) is 3.02. The van der Waals surface area contributed by atoms with Crippen LogP contribution >= 0.6 is 0 Å². The minimum Gasteiger partial charge on any atom is -0.496 e. The Bertz CT molecular complexity index is 1060. The Morgan fingerprint density at radius 1 is 1.11 bits per heavy atom. The Morgan fingerprint density at radius 2 is 1.82 bits per heavy atom. The number of hydrogen-bond acceptors (Lipinski definition) is 4. The molecule has 8 heteroatoms. The third-order valence-corrected chi connectivity index (χ3v) is 4.25. The van der Waals surface area contributed by atoms with Gasteiger partial charge in [-0.05, 0) is 18.2 Å². The number of carbonyl (C=O) groups excluding carboxylic acids is 2. The smallest absolute Gasteiger partial charge is 0.496 e. The van der Waals surface area contributed by atoms with E-state index in [0.29, 0.717) is 22.2 Å². The number of ether oxygens (including phenoxy) is 1. The van der Waals surface area contributed by atoms with Crippen molar-refractivity contribution in [1.29, 1.82) is 0 Å². The molecular weight excluding hydrogens is 378 g/mol. The van der Waals surface area contributed by atoms with Gasteiger partial charge >= 0.3 is 29.0 Å². The molecule has 3 rings (SSSR count). The molecule has 138 valence electrons. The molecule has 1 aromatic heterocycles. The van der Waals surface area contributed by atoms with E-state index in [1.165, 1.54) is 19.4 Å². The number of carboxylic acids is 1. The standard InChI is InChI=1S/C20H16FNO5.Mg/c1-27-18-8-4-7-15-19(18)13(16(23)9-17(24)20(25)26)11-22(15)10-12-5-2-3-6-14(12)21;/h2-8,11H,9-10H2,1H3,(H,25,26);/q;+2. The molecule has 0 radical (unpaired) electrons. The van der Waals surface area contributed by atoms with Crippen molar-refractivity contribution in [3.8, 4) is 5.75 Å². The van der Waals surface area contributed by atoms with Crippen molar-refractivity contribution in [3.05, 3.63) is 65.6 Å². The average molecular weight is 394 g/mol. The molecule has 0 unspecified atom stereocenters. The van der Waals surface area contributed by atoms with Gasteiger partial charge in [-0.25, -0.2) is 9.18 Å². The summed E-state index contributed by atoms with van der Waals surface area (Å²) in [5.74, 6) is -3.46. The second kappa shape index (κ2) is 8.98. The van der Waals surface area contributed by atoms with Crippen LogP contribution in [0, 0.1) is 5.82 Å². The molecule has 3 aromatic rings. The summed E-state index contributed by atoms with van der Waals surface area (Å²) in [5.41, 5.74) is 1.20. The molecule has 1 N–H and O–H groups in total. The number of carboxylic acid groups (broad SMARTS) is 1. The van der Waals surface area contributed by atoms with Crippen molar-refractivity contribution in [3.63, 3.8) is 0 Å². The summed E-state index contributed by atoms with van der Waals surface area (Å²) >= 11 is 0. The van der Waals surface area contributed by atoms with E-state index in [9.17, 15) is 18.8 Å². The summed E-state index contributed by atoms with van der Waals surface area (Å²) < 4.78 is 21.0. The zero-order valence-electron chi connectivity index (χ0n) is 15.1. The van der Waals surface area contributed by atoms with E-state index < -0.39 is 24.0 Å². The number of aliphatic carboxylic acids is 1. The summed E-state index contributed by atoms with van der Waals surface area (Å²) in [7, 11) is 1.44. The normalized spacial score (nSPS) is 10.4. The van der Waals surface area contributed by atoms with E-state index in [1.54, 1.807) is 41.0 Å². The number of methoxy groups -OCH3 is 1. The molecule has 0 amide bonds. The first-order valence-electron chi connectivity index (χ1n) is 8.11. The van der Waals surface area contributed by atoms with Crippen LogP contribution in [0.4, 0.5) is 4.39 Å². The molecule has 0 spiro atoms. The van der Waals surface area contributed by atoms with Crippen molar-refractivity contribution in [2.75, 3.05) is 7.11 Å². The molecule has 0 aliphatic carbocycles. The van der Waals surface area contributed by atoms with Gasteiger partial charge in [0.1, 0.15) is 11.6 Å². The molecule has 28 heavy (non-hydrogen) atoms. The van der Waals surface area contributed by atoms with Gasteiger partial charge < -0.3 is 14.4 Å². The summed E-state index contributed by atoms with van der Waals surface area (Å²) in [6.45, 7) is 0.163. The number of nitrogens with zero attached hydrogens (tertiary/aromatic N) is 1. The van der Waals surface area contributed by atoms with Gasteiger partial charge in [0.15, 0.2) is 5.78 Å². The van der Waals surface area contributed by atoms with E-state index >= 15 is 0 Å². The Hall–Kier alpha value is -2.71. The molecule has 0 fully saturated rings. The van der Waals surface area contributed by atoms with Gasteiger partial charge in [-0.15, -0.1) is 0 Å². The van der Waals surface area contributed by atoms with Gasteiger partial charge in [-0.2, -0.15) is 0 Å². The summed E-state index contributed by atoms with van der Waals surface area (Å²) in [6, 6.07) is 11.4. The number of fused-ring (bicyclic) bond motifs is 1. The third kappa shape index (κ3) is 4.23. The number of rotatable bonds is 7. The number of aromatic nitrogens is 1. The fraction of sp³-hybridized carbons (Fsp3) is 0.150. The van der Waals surface area contributed by atoms with Gasteiger partial charge in [0, 0.05) is 17.3 Å². The minimum atomic E-state index is -1.66. The fourth-order valence-electron chi connectivity index (χ4n) is 2.96. The van der Waals surface area contributed by atoms with Crippen LogP contribution in [-0.2, 0) is 16.1 Å². The van der Waals surface area contributed by atoms with Gasteiger partial charge in [0.2, 0.25) is 5.78 Å². The van der Waals surface area contributed by atoms with Crippen molar-refractivity contribution in [1.82, 2.24) is 4.57 Å². The van der Waals surface area contributed by atoms with Crippen LogP contribution in [0.15, 0.2) is 48.7 Å². The van der Waals surface area contributed by atoms with E-state index in [2.05, 4.69) is 0 Å². The van der Waals surface area contributed by atoms with E-state index in [-0.39, 0.29) is 41.0 Å². The fourth-order valence-corrected chi connectivity index (χ4v) is 2.96. The van der Waals surface area contributed by atoms with Crippen molar-refractivity contribution < 1.29 is 28.6 Å². The first-order valence-corrected chi connectivity index (χ1v) is 8.11. The van der Waals surface area contributed by atoms with Gasteiger partial charge in [0.25, 0.3) is 0 Å². The number of carbonyl (C=O) groups is 3. The minimum absolute atomic E-state index is 0. The number of halogens is 1. The monoisotopic (exact) mass is 393 g/mol. The Labute approximate surface area is 176 Å². The Morgan fingerprint density at radius 3 is 2.46 bits per heavy atom. The molecule has 0 saturated heterocycles. The molecule has 0 aliphatic heterocycles. The number of Topliss-reactive ketones (excluding diaryl/α,β-unsaturated/α-hetero) is 2. The largest absolute Gasteiger partial charge is 2.00 e. The maximum Gasteiger partial charge on any atom is 2.00 e. The molecule has 1 heterocycles. The summed E-state index contributed by atoms with van der Waals surface area (Å²) in [5, 5.41) is 9.21. The predicted molar refractivity (Wildman–Crippen MR) is 101 cm³/mol. The van der Waals surface area contributed by atoms with Gasteiger partial charge in [-0.1, -0.05) is 24.3 Å². The quantitative estimate of drug-likeness (QED) is 0.289. The Balaban J connectivity index is 0.00000280. The predicted octanol–water partition coefficient (Wildman–Crippen LogP) is 2.68. The molecule has 0 atom stereocenters. The second-order valence-electron chi connectivity index (χ2n) is 5.94. The SMILES string of the molecule is COc1cccc2c1c(C(=O)CC(=O)C(=O)O)cn2Cc1ccccc1F.[Mg+2]. The van der Waals surface area contributed by atoms with Crippen LogP contribution < -0.4 is 4.74 Å².